The van der Waals surface area contributed by atoms with Crippen LogP contribution in [0.25, 0.3) is 0 Å². The van der Waals surface area contributed by atoms with Gasteiger partial charge < -0.3 is 15.0 Å². The minimum atomic E-state index is 0.201. The monoisotopic (exact) mass is 252 g/mol. The Balaban J connectivity index is 1.51. The molecule has 102 valence electrons. The number of hydrogen-bond donors (Lipinski definition) is 1. The summed E-state index contributed by atoms with van der Waals surface area (Å²) >= 11 is 0. The van der Waals surface area contributed by atoms with Gasteiger partial charge in [0, 0.05) is 31.6 Å². The number of fused-ring (bicyclic) bond motifs is 2. The maximum Gasteiger partial charge on any atom is 0.223 e. The fraction of sp³-hybridized carbons (Fsp3) is 0.929. The zero-order chi connectivity index (χ0) is 12.5. The van der Waals surface area contributed by atoms with E-state index in [1.54, 1.807) is 0 Å². The summed E-state index contributed by atoms with van der Waals surface area (Å²) in [5, 5.41) is 3.64. The van der Waals surface area contributed by atoms with Crippen molar-refractivity contribution in [3.63, 3.8) is 0 Å². The Hall–Kier alpha value is -0.610. The molecule has 4 nitrogen and oxygen atoms in total. The molecular formula is C14H24N2O2. The zero-order valence-electron chi connectivity index (χ0n) is 11.2. The molecule has 3 fully saturated rings. The number of hydrogen-bond acceptors (Lipinski definition) is 3. The molecule has 0 saturated carbocycles. The fourth-order valence-corrected chi connectivity index (χ4v) is 3.76. The quantitative estimate of drug-likeness (QED) is 0.801. The van der Waals surface area contributed by atoms with E-state index in [0.717, 1.165) is 19.5 Å². The van der Waals surface area contributed by atoms with Crippen molar-refractivity contribution in [2.75, 3.05) is 19.7 Å². The average Bonchev–Trinajstić information content (AvgIpc) is 2.69. The highest BCUT2D eigenvalue weighted by molar-refractivity contribution is 5.76. The molecule has 1 N–H and O–H groups in total. The van der Waals surface area contributed by atoms with Crippen molar-refractivity contribution in [3.05, 3.63) is 0 Å². The Morgan fingerprint density at radius 3 is 2.72 bits per heavy atom. The van der Waals surface area contributed by atoms with Gasteiger partial charge in [-0.25, -0.2) is 0 Å². The number of amides is 1. The van der Waals surface area contributed by atoms with Gasteiger partial charge in [0.2, 0.25) is 5.91 Å². The smallest absolute Gasteiger partial charge is 0.223 e. The molecule has 18 heavy (non-hydrogen) atoms. The van der Waals surface area contributed by atoms with Gasteiger partial charge in [0.1, 0.15) is 0 Å². The van der Waals surface area contributed by atoms with Crippen molar-refractivity contribution in [2.24, 2.45) is 5.92 Å². The SMILES string of the molecule is CC1CN(C(=O)CC2CC3CCC(C2)N3)CCO1. The molecule has 0 radical (unpaired) electrons. The summed E-state index contributed by atoms with van der Waals surface area (Å²) < 4.78 is 5.49. The third-order valence-electron chi connectivity index (χ3n) is 4.63. The maximum atomic E-state index is 12.3. The van der Waals surface area contributed by atoms with Crippen molar-refractivity contribution >= 4 is 5.91 Å². The number of nitrogens with one attached hydrogen (secondary N) is 1. The highest BCUT2D eigenvalue weighted by Crippen LogP contribution is 2.33. The summed E-state index contributed by atoms with van der Waals surface area (Å²) in [4.78, 5) is 14.3. The number of piperidine rings is 1. The number of carbonyl (C=O) groups excluding carboxylic acids is 1. The number of rotatable bonds is 2. The van der Waals surface area contributed by atoms with Crippen LogP contribution in [0.5, 0.6) is 0 Å². The van der Waals surface area contributed by atoms with E-state index in [1.165, 1.54) is 25.7 Å². The normalized spacial score (nSPS) is 39.9. The lowest BCUT2D eigenvalue weighted by Gasteiger charge is -2.34. The van der Waals surface area contributed by atoms with Crippen LogP contribution in [-0.4, -0.2) is 48.7 Å². The van der Waals surface area contributed by atoms with Gasteiger partial charge in [-0.2, -0.15) is 0 Å². The number of carbonyl (C=O) groups is 1. The topological polar surface area (TPSA) is 41.6 Å². The highest BCUT2D eigenvalue weighted by atomic mass is 16.5. The summed E-state index contributed by atoms with van der Waals surface area (Å²) in [6.45, 7) is 4.30. The van der Waals surface area contributed by atoms with Crippen LogP contribution in [0.15, 0.2) is 0 Å². The molecule has 3 unspecified atom stereocenters. The molecule has 4 heteroatoms. The van der Waals surface area contributed by atoms with Gasteiger partial charge in [0.05, 0.1) is 12.7 Å². The van der Waals surface area contributed by atoms with Crippen molar-refractivity contribution < 1.29 is 9.53 Å². The molecule has 3 aliphatic rings. The number of nitrogens with zero attached hydrogens (tertiary/aromatic N) is 1. The molecule has 3 rings (SSSR count). The molecule has 0 spiro atoms. The first-order valence-electron chi connectivity index (χ1n) is 7.36. The lowest BCUT2D eigenvalue weighted by molar-refractivity contribution is -0.139. The minimum absolute atomic E-state index is 0.201. The van der Waals surface area contributed by atoms with E-state index in [2.05, 4.69) is 5.32 Å². The predicted octanol–water partition coefficient (Wildman–Crippen LogP) is 1.15. The van der Waals surface area contributed by atoms with Crippen LogP contribution in [0.2, 0.25) is 0 Å². The van der Waals surface area contributed by atoms with Gasteiger partial charge >= 0.3 is 0 Å². The standard InChI is InChI=1S/C14H24N2O2/c1-10-9-16(4-5-18-10)14(17)8-11-6-12-2-3-13(7-11)15-12/h10-13,15H,2-9H2,1H3. The van der Waals surface area contributed by atoms with Gasteiger partial charge in [0.15, 0.2) is 0 Å². The molecule has 1 amide bonds. The molecule has 0 aromatic carbocycles. The van der Waals surface area contributed by atoms with Crippen LogP contribution in [-0.2, 0) is 9.53 Å². The van der Waals surface area contributed by atoms with E-state index in [4.69, 9.17) is 4.74 Å². The van der Waals surface area contributed by atoms with E-state index in [9.17, 15) is 4.79 Å². The second-order valence-electron chi connectivity index (χ2n) is 6.20. The molecule has 0 aromatic heterocycles. The summed E-state index contributed by atoms with van der Waals surface area (Å²) in [7, 11) is 0. The lowest BCUT2D eigenvalue weighted by Crippen LogP contribution is -2.46. The van der Waals surface area contributed by atoms with Crippen LogP contribution in [0, 0.1) is 5.92 Å². The first kappa shape index (κ1) is 12.4. The van der Waals surface area contributed by atoms with Crippen LogP contribution >= 0.6 is 0 Å². The molecule has 3 saturated heterocycles. The van der Waals surface area contributed by atoms with Crippen molar-refractivity contribution in [1.29, 1.82) is 0 Å². The molecular weight excluding hydrogens is 228 g/mol. The van der Waals surface area contributed by atoms with Gasteiger partial charge in [-0.1, -0.05) is 0 Å². The Morgan fingerprint density at radius 1 is 1.33 bits per heavy atom. The van der Waals surface area contributed by atoms with E-state index in [1.807, 2.05) is 11.8 Å². The Labute approximate surface area is 109 Å². The van der Waals surface area contributed by atoms with E-state index < -0.39 is 0 Å². The molecule has 2 bridgehead atoms. The van der Waals surface area contributed by atoms with Crippen molar-refractivity contribution in [1.82, 2.24) is 10.2 Å². The lowest BCUT2D eigenvalue weighted by atomic mass is 9.89. The van der Waals surface area contributed by atoms with Gasteiger partial charge in [-0.15, -0.1) is 0 Å². The van der Waals surface area contributed by atoms with Crippen LogP contribution in [0.4, 0.5) is 0 Å². The Bertz CT molecular complexity index is 309. The predicted molar refractivity (Wildman–Crippen MR) is 69.3 cm³/mol. The molecule has 3 atom stereocenters. The Morgan fingerprint density at radius 2 is 2.06 bits per heavy atom. The summed E-state index contributed by atoms with van der Waals surface area (Å²) in [5.74, 6) is 0.950. The van der Waals surface area contributed by atoms with E-state index in [0.29, 0.717) is 30.5 Å². The largest absolute Gasteiger partial charge is 0.375 e. The molecule has 3 heterocycles. The van der Waals surface area contributed by atoms with E-state index >= 15 is 0 Å². The average molecular weight is 252 g/mol. The molecule has 0 aromatic rings. The van der Waals surface area contributed by atoms with Gasteiger partial charge in [-0.05, 0) is 38.5 Å². The van der Waals surface area contributed by atoms with Crippen molar-refractivity contribution in [2.45, 2.75) is 57.2 Å². The second-order valence-corrected chi connectivity index (χ2v) is 6.20. The van der Waals surface area contributed by atoms with Gasteiger partial charge in [-0.3, -0.25) is 4.79 Å². The van der Waals surface area contributed by atoms with E-state index in [-0.39, 0.29) is 6.10 Å². The third-order valence-corrected chi connectivity index (χ3v) is 4.63. The molecule has 3 aliphatic heterocycles. The second kappa shape index (κ2) is 5.17. The summed E-state index contributed by atoms with van der Waals surface area (Å²) in [6.07, 6.45) is 5.96. The fourth-order valence-electron chi connectivity index (χ4n) is 3.76. The zero-order valence-corrected chi connectivity index (χ0v) is 11.2. The summed E-state index contributed by atoms with van der Waals surface area (Å²) in [5.41, 5.74) is 0. The minimum Gasteiger partial charge on any atom is -0.375 e. The highest BCUT2D eigenvalue weighted by Gasteiger charge is 2.35. The number of morpholine rings is 1. The molecule has 0 aliphatic carbocycles. The summed E-state index contributed by atoms with van der Waals surface area (Å²) in [6, 6.07) is 1.37. The maximum absolute atomic E-state index is 12.3. The third kappa shape index (κ3) is 2.69. The first-order valence-corrected chi connectivity index (χ1v) is 7.36. The number of ether oxygens (including phenoxy) is 1. The van der Waals surface area contributed by atoms with Crippen molar-refractivity contribution in [3.8, 4) is 0 Å². The van der Waals surface area contributed by atoms with Crippen LogP contribution in [0.3, 0.4) is 0 Å². The Kier molecular flexibility index (Phi) is 3.57. The van der Waals surface area contributed by atoms with Crippen LogP contribution < -0.4 is 5.32 Å². The van der Waals surface area contributed by atoms with Crippen LogP contribution in [0.1, 0.15) is 39.0 Å². The van der Waals surface area contributed by atoms with Gasteiger partial charge in [0.25, 0.3) is 0 Å². The first-order chi connectivity index (χ1) is 8.70.